The van der Waals surface area contributed by atoms with Crippen LogP contribution in [0.3, 0.4) is 0 Å². The minimum Gasteiger partial charge on any atom is -0.512 e. The Hall–Kier alpha value is -2.27. The summed E-state index contributed by atoms with van der Waals surface area (Å²) in [7, 11) is 1.40. The number of benzene rings is 1. The molecule has 1 saturated heterocycles. The first kappa shape index (κ1) is 15.9. The number of allylic oxidation sites excluding steroid dienone is 1. The molecule has 0 saturated carbocycles. The monoisotopic (exact) mass is 352 g/mol. The standard InChI is InChI=1S/C21H24N2O3/c1-26-21(25)19-15-10-17-20-14(13-4-2-3-5-16(13)22-20)8-9-23(17)11-12(15)6-7-18(19)24/h2-5,12,15,17,22,24H,6-11H2,1H3/t12-,15+,17+/m1/s1. The highest BCUT2D eigenvalue weighted by Crippen LogP contribution is 2.48. The second kappa shape index (κ2) is 5.88. The second-order valence-corrected chi connectivity index (χ2v) is 7.82. The van der Waals surface area contributed by atoms with Gasteiger partial charge in [-0.3, -0.25) is 4.90 Å². The summed E-state index contributed by atoms with van der Waals surface area (Å²) in [6.45, 7) is 2.05. The summed E-state index contributed by atoms with van der Waals surface area (Å²) in [6, 6.07) is 8.76. The van der Waals surface area contributed by atoms with Gasteiger partial charge in [-0.2, -0.15) is 0 Å². The number of H-pyrrole nitrogens is 1. The molecule has 0 bridgehead atoms. The summed E-state index contributed by atoms with van der Waals surface area (Å²) < 4.78 is 4.98. The van der Waals surface area contributed by atoms with Crippen molar-refractivity contribution < 1.29 is 14.6 Å². The lowest BCUT2D eigenvalue weighted by Crippen LogP contribution is -2.48. The number of methoxy groups -OCH3 is 1. The van der Waals surface area contributed by atoms with Crippen molar-refractivity contribution in [2.45, 2.75) is 31.7 Å². The molecule has 26 heavy (non-hydrogen) atoms. The molecule has 1 aromatic carbocycles. The van der Waals surface area contributed by atoms with Crippen LogP contribution in [0.5, 0.6) is 0 Å². The predicted octanol–water partition coefficient (Wildman–Crippen LogP) is 3.48. The summed E-state index contributed by atoms with van der Waals surface area (Å²) in [5, 5.41) is 11.7. The quantitative estimate of drug-likeness (QED) is 0.771. The predicted molar refractivity (Wildman–Crippen MR) is 98.8 cm³/mol. The van der Waals surface area contributed by atoms with E-state index in [1.165, 1.54) is 29.3 Å². The molecule has 0 radical (unpaired) electrons. The molecule has 0 unspecified atom stereocenters. The van der Waals surface area contributed by atoms with E-state index in [1.807, 2.05) is 0 Å². The number of aromatic amines is 1. The zero-order valence-electron chi connectivity index (χ0n) is 15.0. The molecule has 3 aliphatic rings. The molecule has 5 nitrogen and oxygen atoms in total. The smallest absolute Gasteiger partial charge is 0.337 e. The number of aliphatic hydroxyl groups excluding tert-OH is 1. The van der Waals surface area contributed by atoms with Gasteiger partial charge in [-0.15, -0.1) is 0 Å². The third-order valence-electron chi connectivity index (χ3n) is 6.62. The van der Waals surface area contributed by atoms with Crippen LogP contribution in [-0.2, 0) is 16.0 Å². The largest absolute Gasteiger partial charge is 0.512 e. The number of rotatable bonds is 1. The Balaban J connectivity index is 1.56. The molecule has 1 aromatic heterocycles. The third-order valence-corrected chi connectivity index (χ3v) is 6.62. The van der Waals surface area contributed by atoms with Gasteiger partial charge in [0.1, 0.15) is 5.76 Å². The average molecular weight is 352 g/mol. The molecule has 2 aromatic rings. The Labute approximate surface area is 152 Å². The van der Waals surface area contributed by atoms with Gasteiger partial charge in [-0.25, -0.2) is 4.79 Å². The van der Waals surface area contributed by atoms with Crippen LogP contribution in [0.4, 0.5) is 0 Å². The van der Waals surface area contributed by atoms with E-state index < -0.39 is 0 Å². The molecule has 3 atom stereocenters. The van der Waals surface area contributed by atoms with E-state index in [-0.39, 0.29) is 23.7 Å². The van der Waals surface area contributed by atoms with Crippen LogP contribution in [-0.4, -0.2) is 41.2 Å². The Morgan fingerprint density at radius 1 is 1.31 bits per heavy atom. The molecule has 2 aliphatic heterocycles. The molecule has 1 fully saturated rings. The van der Waals surface area contributed by atoms with E-state index >= 15 is 0 Å². The maximum Gasteiger partial charge on any atom is 0.337 e. The highest BCUT2D eigenvalue weighted by molar-refractivity contribution is 5.90. The number of para-hydroxylation sites is 1. The third kappa shape index (κ3) is 2.23. The van der Waals surface area contributed by atoms with Crippen LogP contribution in [0.25, 0.3) is 10.9 Å². The van der Waals surface area contributed by atoms with Crippen LogP contribution >= 0.6 is 0 Å². The van der Waals surface area contributed by atoms with E-state index in [0.717, 1.165) is 32.4 Å². The number of hydrogen-bond donors (Lipinski definition) is 2. The Morgan fingerprint density at radius 2 is 2.15 bits per heavy atom. The van der Waals surface area contributed by atoms with Crippen molar-refractivity contribution in [1.82, 2.24) is 9.88 Å². The van der Waals surface area contributed by atoms with E-state index in [2.05, 4.69) is 34.1 Å². The summed E-state index contributed by atoms with van der Waals surface area (Å²) in [4.78, 5) is 18.5. The van der Waals surface area contributed by atoms with Crippen LogP contribution in [0, 0.1) is 11.8 Å². The van der Waals surface area contributed by atoms with Crippen LogP contribution < -0.4 is 0 Å². The number of nitrogens with one attached hydrogen (secondary N) is 1. The van der Waals surface area contributed by atoms with Gasteiger partial charge in [0.05, 0.1) is 18.7 Å². The lowest BCUT2D eigenvalue weighted by Gasteiger charge is -2.48. The van der Waals surface area contributed by atoms with Crippen molar-refractivity contribution in [3.8, 4) is 0 Å². The van der Waals surface area contributed by atoms with Crippen molar-refractivity contribution in [3.63, 3.8) is 0 Å². The number of fused-ring (bicyclic) bond motifs is 6. The van der Waals surface area contributed by atoms with Gasteiger partial charge >= 0.3 is 5.97 Å². The zero-order chi connectivity index (χ0) is 17.8. The van der Waals surface area contributed by atoms with Crippen molar-refractivity contribution in [2.24, 2.45) is 11.8 Å². The maximum absolute atomic E-state index is 12.3. The van der Waals surface area contributed by atoms with Crippen molar-refractivity contribution in [2.75, 3.05) is 20.2 Å². The number of carbonyl (C=O) groups is 1. The van der Waals surface area contributed by atoms with E-state index in [4.69, 9.17) is 4.74 Å². The fourth-order valence-electron chi connectivity index (χ4n) is 5.41. The van der Waals surface area contributed by atoms with Gasteiger partial charge in [0.2, 0.25) is 0 Å². The first-order valence-electron chi connectivity index (χ1n) is 9.51. The minimum absolute atomic E-state index is 0.0785. The fraction of sp³-hybridized carbons (Fsp3) is 0.476. The first-order valence-corrected chi connectivity index (χ1v) is 9.51. The number of piperidine rings is 1. The molecule has 5 heteroatoms. The highest BCUT2D eigenvalue weighted by atomic mass is 16.5. The summed E-state index contributed by atoms with van der Waals surface area (Å²) >= 11 is 0. The number of carbonyl (C=O) groups excluding carboxylic acids is 1. The van der Waals surface area contributed by atoms with Gasteiger partial charge in [0.15, 0.2) is 0 Å². The number of ether oxygens (including phenoxy) is 1. The van der Waals surface area contributed by atoms with Crippen molar-refractivity contribution in [1.29, 1.82) is 0 Å². The van der Waals surface area contributed by atoms with Crippen LogP contribution in [0.15, 0.2) is 35.6 Å². The Morgan fingerprint density at radius 3 is 3.00 bits per heavy atom. The van der Waals surface area contributed by atoms with E-state index in [1.54, 1.807) is 0 Å². The first-order chi connectivity index (χ1) is 12.7. The van der Waals surface area contributed by atoms with Gasteiger partial charge in [-0.1, -0.05) is 18.2 Å². The molecule has 2 N–H and O–H groups in total. The maximum atomic E-state index is 12.3. The number of hydrogen-bond acceptors (Lipinski definition) is 4. The molecular weight excluding hydrogens is 328 g/mol. The van der Waals surface area contributed by atoms with Gasteiger partial charge in [-0.05, 0) is 36.8 Å². The molecule has 0 amide bonds. The number of aliphatic hydroxyl groups is 1. The SMILES string of the molecule is COC(=O)C1=C(O)CC[C@@H]2CN3CCc4c([nH]c5ccccc45)[C@@H]3C[C@H]12. The normalized spacial score (nSPS) is 28.4. The molecule has 0 spiro atoms. The Bertz CT molecular complexity index is 913. The molecule has 5 rings (SSSR count). The van der Waals surface area contributed by atoms with Gasteiger partial charge in [0, 0.05) is 42.0 Å². The lowest BCUT2D eigenvalue weighted by atomic mass is 9.70. The molecular formula is C21H24N2O3. The van der Waals surface area contributed by atoms with Crippen molar-refractivity contribution in [3.05, 3.63) is 46.9 Å². The Kier molecular flexibility index (Phi) is 3.60. The van der Waals surface area contributed by atoms with Crippen LogP contribution in [0.2, 0.25) is 0 Å². The number of esters is 1. The minimum atomic E-state index is -0.363. The van der Waals surface area contributed by atoms with Crippen molar-refractivity contribution >= 4 is 16.9 Å². The summed E-state index contributed by atoms with van der Waals surface area (Å²) in [5.41, 5.74) is 4.43. The number of aromatic nitrogens is 1. The van der Waals surface area contributed by atoms with Gasteiger partial charge < -0.3 is 14.8 Å². The topological polar surface area (TPSA) is 65.6 Å². The molecule has 136 valence electrons. The van der Waals surface area contributed by atoms with E-state index in [9.17, 15) is 9.90 Å². The van der Waals surface area contributed by atoms with E-state index in [0.29, 0.717) is 17.9 Å². The van der Waals surface area contributed by atoms with Crippen LogP contribution in [0.1, 0.15) is 36.6 Å². The highest BCUT2D eigenvalue weighted by Gasteiger charge is 2.45. The number of nitrogens with zero attached hydrogens (tertiary/aromatic N) is 1. The second-order valence-electron chi connectivity index (χ2n) is 7.82. The summed E-state index contributed by atoms with van der Waals surface area (Å²) in [6.07, 6.45) is 3.46. The summed E-state index contributed by atoms with van der Waals surface area (Å²) in [5.74, 6) is 0.370. The average Bonchev–Trinajstić information content (AvgIpc) is 3.05. The molecule has 1 aliphatic carbocycles. The zero-order valence-corrected chi connectivity index (χ0v) is 15.0. The van der Waals surface area contributed by atoms with Gasteiger partial charge in [0.25, 0.3) is 0 Å². The molecule has 3 heterocycles. The lowest BCUT2D eigenvalue weighted by molar-refractivity contribution is -0.138. The fourth-order valence-corrected chi connectivity index (χ4v) is 5.41.